The van der Waals surface area contributed by atoms with E-state index >= 15 is 0 Å². The van der Waals surface area contributed by atoms with E-state index in [4.69, 9.17) is 19.9 Å². The second kappa shape index (κ2) is 7.43. The zero-order valence-corrected chi connectivity index (χ0v) is 15.2. The number of rotatable bonds is 4. The molecule has 0 atom stereocenters. The summed E-state index contributed by atoms with van der Waals surface area (Å²) >= 11 is 0. The molecule has 3 N–H and O–H groups in total. The lowest BCUT2D eigenvalue weighted by Gasteiger charge is -2.29. The molecule has 0 saturated heterocycles. The van der Waals surface area contributed by atoms with Crippen LogP contribution in [0, 0.1) is 0 Å². The number of hydrogen-bond acceptors (Lipinski definition) is 5. The second-order valence-electron chi connectivity index (χ2n) is 6.04. The number of urea groups is 1. The van der Waals surface area contributed by atoms with Gasteiger partial charge in [-0.1, -0.05) is 6.07 Å². The average molecular weight is 357 g/mol. The van der Waals surface area contributed by atoms with E-state index in [2.05, 4.69) is 5.32 Å². The number of ether oxygens (including phenoxy) is 3. The molecule has 138 valence electrons. The Morgan fingerprint density at radius 1 is 1.04 bits per heavy atom. The summed E-state index contributed by atoms with van der Waals surface area (Å²) in [5, 5.41) is 2.90. The summed E-state index contributed by atoms with van der Waals surface area (Å²) in [5.41, 5.74) is 9.45. The zero-order chi connectivity index (χ0) is 18.7. The number of anilines is 2. The lowest BCUT2D eigenvalue weighted by Crippen LogP contribution is -2.38. The topological polar surface area (TPSA) is 86.1 Å². The summed E-state index contributed by atoms with van der Waals surface area (Å²) in [4.78, 5) is 14.4. The normalized spacial score (nSPS) is 13.0. The molecule has 0 radical (unpaired) electrons. The quantitative estimate of drug-likeness (QED) is 0.822. The molecule has 0 unspecified atom stereocenters. The van der Waals surface area contributed by atoms with E-state index < -0.39 is 0 Å². The molecule has 7 nitrogen and oxygen atoms in total. The van der Waals surface area contributed by atoms with Crippen LogP contribution in [-0.4, -0.2) is 38.8 Å². The molecular formula is C19H23N3O4. The van der Waals surface area contributed by atoms with Gasteiger partial charge in [0.05, 0.1) is 27.0 Å². The molecule has 2 amide bonds. The number of fused-ring (bicyclic) bond motifs is 1. The number of benzene rings is 2. The van der Waals surface area contributed by atoms with Crippen LogP contribution in [0.25, 0.3) is 0 Å². The van der Waals surface area contributed by atoms with Gasteiger partial charge in [-0.2, -0.15) is 0 Å². The van der Waals surface area contributed by atoms with Gasteiger partial charge in [-0.3, -0.25) is 0 Å². The van der Waals surface area contributed by atoms with E-state index in [1.807, 2.05) is 18.2 Å². The monoisotopic (exact) mass is 357 g/mol. The van der Waals surface area contributed by atoms with Gasteiger partial charge in [0, 0.05) is 30.9 Å². The smallest absolute Gasteiger partial charge is 0.322 e. The molecule has 1 aliphatic heterocycles. The number of nitrogens with two attached hydrogens (primary N) is 1. The summed E-state index contributed by atoms with van der Waals surface area (Å²) in [6.45, 7) is 1.17. The summed E-state index contributed by atoms with van der Waals surface area (Å²) in [6.07, 6.45) is 0.804. The van der Waals surface area contributed by atoms with Gasteiger partial charge in [0.25, 0.3) is 0 Å². The fourth-order valence-corrected chi connectivity index (χ4v) is 3.11. The SMILES string of the molecule is COc1cc(NC(=O)N2CCc3ccc(N)cc3C2)cc(OC)c1OC. The molecule has 0 spiro atoms. The first-order chi connectivity index (χ1) is 12.5. The maximum atomic E-state index is 12.7. The third-order valence-electron chi connectivity index (χ3n) is 4.45. The summed E-state index contributed by atoms with van der Waals surface area (Å²) < 4.78 is 15.9. The first-order valence-electron chi connectivity index (χ1n) is 8.29. The molecule has 26 heavy (non-hydrogen) atoms. The fraction of sp³-hybridized carbons (Fsp3) is 0.316. The van der Waals surface area contributed by atoms with Crippen molar-refractivity contribution in [1.82, 2.24) is 4.90 Å². The number of hydrogen-bond donors (Lipinski definition) is 2. The number of nitrogens with zero attached hydrogens (tertiary/aromatic N) is 1. The minimum absolute atomic E-state index is 0.188. The molecule has 0 bridgehead atoms. The number of amides is 2. The molecule has 0 aliphatic carbocycles. The molecule has 3 rings (SSSR count). The highest BCUT2D eigenvalue weighted by molar-refractivity contribution is 5.90. The lowest BCUT2D eigenvalue weighted by molar-refractivity contribution is 0.206. The Morgan fingerprint density at radius 3 is 2.35 bits per heavy atom. The van der Waals surface area contributed by atoms with Crippen molar-refractivity contribution in [2.24, 2.45) is 0 Å². The van der Waals surface area contributed by atoms with Crippen LogP contribution in [0.2, 0.25) is 0 Å². The van der Waals surface area contributed by atoms with E-state index in [1.54, 1.807) is 17.0 Å². The van der Waals surface area contributed by atoms with E-state index in [0.29, 0.717) is 41.7 Å². The van der Waals surface area contributed by atoms with Gasteiger partial charge >= 0.3 is 6.03 Å². The highest BCUT2D eigenvalue weighted by Gasteiger charge is 2.22. The highest BCUT2D eigenvalue weighted by Crippen LogP contribution is 2.40. The third-order valence-corrected chi connectivity index (χ3v) is 4.45. The average Bonchev–Trinajstić information content (AvgIpc) is 2.66. The molecule has 1 aliphatic rings. The summed E-state index contributed by atoms with van der Waals surface area (Å²) in [7, 11) is 4.61. The van der Waals surface area contributed by atoms with Crippen molar-refractivity contribution in [3.05, 3.63) is 41.5 Å². The van der Waals surface area contributed by atoms with Gasteiger partial charge in [-0.25, -0.2) is 4.79 Å². The Morgan fingerprint density at radius 2 is 1.73 bits per heavy atom. The van der Waals surface area contributed by atoms with Gasteiger partial charge in [0.15, 0.2) is 11.5 Å². The first kappa shape index (κ1) is 17.7. The fourth-order valence-electron chi connectivity index (χ4n) is 3.11. The number of carbonyl (C=O) groups is 1. The lowest BCUT2D eigenvalue weighted by atomic mass is 9.99. The van der Waals surface area contributed by atoms with E-state index in [-0.39, 0.29) is 6.03 Å². The van der Waals surface area contributed by atoms with Crippen LogP contribution in [0.5, 0.6) is 17.2 Å². The Balaban J connectivity index is 1.78. The summed E-state index contributed by atoms with van der Waals surface area (Å²) in [6, 6.07) is 9.06. The maximum Gasteiger partial charge on any atom is 0.322 e. The van der Waals surface area contributed by atoms with E-state index in [0.717, 1.165) is 12.0 Å². The Kier molecular flexibility index (Phi) is 5.06. The van der Waals surface area contributed by atoms with E-state index in [9.17, 15) is 4.79 Å². The van der Waals surface area contributed by atoms with Gasteiger partial charge in [0.1, 0.15) is 0 Å². The van der Waals surface area contributed by atoms with Crippen molar-refractivity contribution in [2.75, 3.05) is 38.9 Å². The van der Waals surface area contributed by atoms with Crippen molar-refractivity contribution in [2.45, 2.75) is 13.0 Å². The Bertz CT molecular complexity index is 797. The number of nitrogen functional groups attached to an aromatic ring is 1. The third kappa shape index (κ3) is 3.46. The van der Waals surface area contributed by atoms with Crippen LogP contribution < -0.4 is 25.3 Å². The molecule has 1 heterocycles. The highest BCUT2D eigenvalue weighted by atomic mass is 16.5. The van der Waals surface area contributed by atoms with Crippen molar-refractivity contribution in [1.29, 1.82) is 0 Å². The maximum absolute atomic E-state index is 12.7. The van der Waals surface area contributed by atoms with Crippen molar-refractivity contribution in [3.63, 3.8) is 0 Å². The molecule has 0 fully saturated rings. The van der Waals surface area contributed by atoms with Gasteiger partial charge in [-0.05, 0) is 29.7 Å². The summed E-state index contributed by atoms with van der Waals surface area (Å²) in [5.74, 6) is 1.45. The van der Waals surface area contributed by atoms with Crippen molar-refractivity contribution in [3.8, 4) is 17.2 Å². The minimum atomic E-state index is -0.188. The van der Waals surface area contributed by atoms with Crippen LogP contribution in [0.3, 0.4) is 0 Å². The van der Waals surface area contributed by atoms with Crippen LogP contribution in [0.4, 0.5) is 16.2 Å². The first-order valence-corrected chi connectivity index (χ1v) is 8.29. The zero-order valence-electron chi connectivity index (χ0n) is 15.2. The number of methoxy groups -OCH3 is 3. The molecule has 2 aromatic carbocycles. The van der Waals surface area contributed by atoms with Crippen LogP contribution in [0.1, 0.15) is 11.1 Å². The van der Waals surface area contributed by atoms with Crippen LogP contribution >= 0.6 is 0 Å². The van der Waals surface area contributed by atoms with E-state index in [1.165, 1.54) is 26.9 Å². The van der Waals surface area contributed by atoms with Gasteiger partial charge < -0.3 is 30.2 Å². The molecule has 7 heteroatoms. The molecule has 0 saturated carbocycles. The number of carbonyl (C=O) groups excluding carboxylic acids is 1. The molecule has 0 aromatic heterocycles. The largest absolute Gasteiger partial charge is 0.493 e. The van der Waals surface area contributed by atoms with Crippen molar-refractivity contribution < 1.29 is 19.0 Å². The Hall–Kier alpha value is -3.09. The predicted molar refractivity (Wildman–Crippen MR) is 100 cm³/mol. The minimum Gasteiger partial charge on any atom is -0.493 e. The second-order valence-corrected chi connectivity index (χ2v) is 6.04. The predicted octanol–water partition coefficient (Wildman–Crippen LogP) is 2.88. The Labute approximate surface area is 152 Å². The molecule has 2 aromatic rings. The van der Waals surface area contributed by atoms with Gasteiger partial charge in [-0.15, -0.1) is 0 Å². The number of nitrogens with one attached hydrogen (secondary N) is 1. The van der Waals surface area contributed by atoms with Crippen LogP contribution in [-0.2, 0) is 13.0 Å². The molecular weight excluding hydrogens is 334 g/mol. The van der Waals surface area contributed by atoms with Crippen molar-refractivity contribution >= 4 is 17.4 Å². The van der Waals surface area contributed by atoms with Crippen LogP contribution in [0.15, 0.2) is 30.3 Å². The van der Waals surface area contributed by atoms with Gasteiger partial charge in [0.2, 0.25) is 5.75 Å². The standard InChI is InChI=1S/C19H23N3O4/c1-24-16-9-15(10-17(25-2)18(16)26-3)21-19(23)22-7-6-12-4-5-14(20)8-13(12)11-22/h4-5,8-10H,6-7,11,20H2,1-3H3,(H,21,23).